The van der Waals surface area contributed by atoms with Crippen molar-refractivity contribution in [1.82, 2.24) is 20.9 Å². The van der Waals surface area contributed by atoms with Gasteiger partial charge in [-0.15, -0.1) is 24.0 Å². The molecule has 27 heavy (non-hydrogen) atoms. The maximum atomic E-state index is 12.1. The molecular weight excluding hydrogens is 461 g/mol. The van der Waals surface area contributed by atoms with Gasteiger partial charge in [0.15, 0.2) is 5.96 Å². The predicted octanol–water partition coefficient (Wildman–Crippen LogP) is 1.84. The third-order valence-electron chi connectivity index (χ3n) is 4.97. The van der Waals surface area contributed by atoms with Crippen LogP contribution in [-0.4, -0.2) is 68.2 Å². The lowest BCUT2D eigenvalue weighted by molar-refractivity contribution is -0.120. The zero-order valence-electron chi connectivity index (χ0n) is 16.5. The van der Waals surface area contributed by atoms with Crippen molar-refractivity contribution in [2.45, 2.75) is 64.0 Å². The summed E-state index contributed by atoms with van der Waals surface area (Å²) in [6, 6.07) is 0.550. The average molecular weight is 495 g/mol. The molecule has 0 unspecified atom stereocenters. The molecule has 1 aliphatic carbocycles. The number of nitrogens with one attached hydrogen (secondary N) is 3. The predicted molar refractivity (Wildman–Crippen MR) is 117 cm³/mol. The Balaban J connectivity index is 0.00000364. The molecule has 0 aromatic heterocycles. The second-order valence-corrected chi connectivity index (χ2v) is 6.93. The van der Waals surface area contributed by atoms with Crippen LogP contribution in [0.5, 0.6) is 0 Å². The Morgan fingerprint density at radius 3 is 2.26 bits per heavy atom. The van der Waals surface area contributed by atoms with Crippen LogP contribution in [0.3, 0.4) is 0 Å². The number of halogens is 1. The Bertz CT molecular complexity index is 489. The van der Waals surface area contributed by atoms with Gasteiger partial charge in [-0.3, -0.25) is 9.79 Å². The van der Waals surface area contributed by atoms with E-state index in [2.05, 4.69) is 20.9 Å². The summed E-state index contributed by atoms with van der Waals surface area (Å²) >= 11 is 0. The molecular formula is C18H34IN5O3. The molecule has 0 aromatic rings. The number of ether oxygens (including phenoxy) is 1. The third kappa shape index (κ3) is 8.52. The number of guanidine groups is 1. The van der Waals surface area contributed by atoms with Crippen molar-refractivity contribution in [3.63, 3.8) is 0 Å². The summed E-state index contributed by atoms with van der Waals surface area (Å²) < 4.78 is 5.03. The molecule has 0 radical (unpaired) electrons. The van der Waals surface area contributed by atoms with Crippen molar-refractivity contribution in [1.29, 1.82) is 0 Å². The molecule has 0 atom stereocenters. The minimum Gasteiger partial charge on any atom is -0.450 e. The van der Waals surface area contributed by atoms with Gasteiger partial charge in [0.1, 0.15) is 0 Å². The molecule has 156 valence electrons. The summed E-state index contributed by atoms with van der Waals surface area (Å²) in [7, 11) is 1.70. The Kier molecular flexibility index (Phi) is 11.5. The summed E-state index contributed by atoms with van der Waals surface area (Å²) in [5.74, 6) is 0.635. The molecule has 2 rings (SSSR count). The lowest BCUT2D eigenvalue weighted by Crippen LogP contribution is -2.51. The van der Waals surface area contributed by atoms with Crippen molar-refractivity contribution in [3.8, 4) is 0 Å². The Hall–Kier alpha value is -1.26. The van der Waals surface area contributed by atoms with Gasteiger partial charge in [0, 0.05) is 32.2 Å². The van der Waals surface area contributed by atoms with Crippen LogP contribution in [0.1, 0.15) is 51.9 Å². The van der Waals surface area contributed by atoms with Crippen LogP contribution in [0, 0.1) is 0 Å². The number of hydrogen-bond acceptors (Lipinski definition) is 4. The molecule has 1 saturated heterocycles. The van der Waals surface area contributed by atoms with Crippen molar-refractivity contribution in [2.75, 3.05) is 33.3 Å². The quantitative estimate of drug-likeness (QED) is 0.308. The maximum absolute atomic E-state index is 12.1. The molecule has 0 aromatic carbocycles. The van der Waals surface area contributed by atoms with Crippen LogP contribution >= 0.6 is 24.0 Å². The number of likely N-dealkylation sites (tertiary alicyclic amines) is 1. The average Bonchev–Trinajstić information content (AvgIpc) is 2.66. The molecule has 2 aliphatic rings. The highest BCUT2D eigenvalue weighted by atomic mass is 127. The van der Waals surface area contributed by atoms with Gasteiger partial charge >= 0.3 is 6.09 Å². The first kappa shape index (κ1) is 23.8. The van der Waals surface area contributed by atoms with Gasteiger partial charge in [-0.1, -0.05) is 19.3 Å². The molecule has 8 nitrogen and oxygen atoms in total. The molecule has 0 bridgehead atoms. The van der Waals surface area contributed by atoms with Crippen LogP contribution < -0.4 is 16.0 Å². The number of carbonyl (C=O) groups excluding carboxylic acids is 2. The molecule has 1 heterocycles. The second kappa shape index (κ2) is 13.0. The normalized spacial score (nSPS) is 19.0. The van der Waals surface area contributed by atoms with E-state index in [1.807, 2.05) is 6.92 Å². The van der Waals surface area contributed by atoms with E-state index < -0.39 is 0 Å². The van der Waals surface area contributed by atoms with Crippen molar-refractivity contribution < 1.29 is 14.3 Å². The molecule has 1 aliphatic heterocycles. The van der Waals surface area contributed by atoms with Crippen molar-refractivity contribution >= 4 is 41.9 Å². The standard InChI is InChI=1S/C18H33N5O3.HI/c1-3-26-18(25)23-11-9-15(10-12-23)22-17(19-2)20-13-16(24)21-14-7-5-4-6-8-14;/h14-15H,3-13H2,1-2H3,(H,21,24)(H2,19,20,22);1H. The van der Waals surface area contributed by atoms with E-state index >= 15 is 0 Å². The fraction of sp³-hybridized carbons (Fsp3) is 0.833. The molecule has 9 heteroatoms. The molecule has 1 saturated carbocycles. The van der Waals surface area contributed by atoms with E-state index in [4.69, 9.17) is 4.74 Å². The lowest BCUT2D eigenvalue weighted by atomic mass is 9.95. The monoisotopic (exact) mass is 495 g/mol. The molecule has 0 spiro atoms. The number of aliphatic imine (C=N–C) groups is 1. The van der Waals surface area contributed by atoms with E-state index in [1.54, 1.807) is 11.9 Å². The van der Waals surface area contributed by atoms with E-state index in [0.29, 0.717) is 31.7 Å². The van der Waals surface area contributed by atoms with E-state index in [0.717, 1.165) is 25.7 Å². The smallest absolute Gasteiger partial charge is 0.409 e. The first-order chi connectivity index (χ1) is 12.6. The van der Waals surface area contributed by atoms with Crippen LogP contribution in [0.4, 0.5) is 4.79 Å². The highest BCUT2D eigenvalue weighted by molar-refractivity contribution is 14.0. The first-order valence-corrected chi connectivity index (χ1v) is 9.80. The number of piperidine rings is 1. The summed E-state index contributed by atoms with van der Waals surface area (Å²) in [5.41, 5.74) is 0. The zero-order chi connectivity index (χ0) is 18.8. The van der Waals surface area contributed by atoms with Gasteiger partial charge in [-0.25, -0.2) is 4.79 Å². The molecule has 3 N–H and O–H groups in total. The summed E-state index contributed by atoms with van der Waals surface area (Å²) in [6.45, 7) is 3.76. The van der Waals surface area contributed by atoms with Crippen molar-refractivity contribution in [3.05, 3.63) is 0 Å². The van der Waals surface area contributed by atoms with Gasteiger partial charge in [-0.05, 0) is 32.6 Å². The fourth-order valence-electron chi connectivity index (χ4n) is 3.50. The lowest BCUT2D eigenvalue weighted by Gasteiger charge is -2.32. The van der Waals surface area contributed by atoms with Gasteiger partial charge in [0.2, 0.25) is 5.91 Å². The van der Waals surface area contributed by atoms with Crippen molar-refractivity contribution in [2.24, 2.45) is 4.99 Å². The summed E-state index contributed by atoms with van der Waals surface area (Å²) in [6.07, 6.45) is 7.25. The number of rotatable bonds is 5. The second-order valence-electron chi connectivity index (χ2n) is 6.93. The van der Waals surface area contributed by atoms with Gasteiger partial charge in [0.05, 0.1) is 13.2 Å². The number of amides is 2. The SMILES string of the molecule is CCOC(=O)N1CCC(NC(=NC)NCC(=O)NC2CCCCC2)CC1.I. The first-order valence-electron chi connectivity index (χ1n) is 9.80. The van der Waals surface area contributed by atoms with E-state index in [1.165, 1.54) is 19.3 Å². The fourth-order valence-corrected chi connectivity index (χ4v) is 3.50. The van der Waals surface area contributed by atoms with Gasteiger partial charge in [0.25, 0.3) is 0 Å². The van der Waals surface area contributed by atoms with Crippen LogP contribution in [0.25, 0.3) is 0 Å². The highest BCUT2D eigenvalue weighted by Gasteiger charge is 2.24. The Labute approximate surface area is 179 Å². The largest absolute Gasteiger partial charge is 0.450 e. The third-order valence-corrected chi connectivity index (χ3v) is 4.97. The van der Waals surface area contributed by atoms with Gasteiger partial charge in [-0.2, -0.15) is 0 Å². The van der Waals surface area contributed by atoms with E-state index in [-0.39, 0.29) is 48.6 Å². The molecule has 2 fully saturated rings. The van der Waals surface area contributed by atoms with Crippen LogP contribution in [0.2, 0.25) is 0 Å². The van der Waals surface area contributed by atoms with Gasteiger partial charge < -0.3 is 25.6 Å². The minimum absolute atomic E-state index is 0. The Morgan fingerprint density at radius 1 is 1.04 bits per heavy atom. The maximum Gasteiger partial charge on any atom is 0.409 e. The number of carbonyl (C=O) groups is 2. The van der Waals surface area contributed by atoms with E-state index in [9.17, 15) is 9.59 Å². The van der Waals surface area contributed by atoms with Crippen LogP contribution in [-0.2, 0) is 9.53 Å². The summed E-state index contributed by atoms with van der Waals surface area (Å²) in [4.78, 5) is 29.7. The summed E-state index contributed by atoms with van der Waals surface area (Å²) in [5, 5.41) is 9.51. The topological polar surface area (TPSA) is 95.1 Å². The minimum atomic E-state index is -0.243. The zero-order valence-corrected chi connectivity index (χ0v) is 18.8. The molecule has 2 amide bonds. The highest BCUT2D eigenvalue weighted by Crippen LogP contribution is 2.17. The Morgan fingerprint density at radius 2 is 1.67 bits per heavy atom. The number of hydrogen-bond donors (Lipinski definition) is 3. The van der Waals surface area contributed by atoms with Crippen LogP contribution in [0.15, 0.2) is 4.99 Å². The number of nitrogens with zero attached hydrogens (tertiary/aromatic N) is 2.